The number of nitrogens with zero attached hydrogens (tertiary/aromatic N) is 3. The summed E-state index contributed by atoms with van der Waals surface area (Å²) < 4.78 is 11.1. The van der Waals surface area contributed by atoms with Crippen LogP contribution in [0.5, 0.6) is 5.75 Å². The molecule has 28 heavy (non-hydrogen) atoms. The molecule has 0 amide bonds. The summed E-state index contributed by atoms with van der Waals surface area (Å²) in [6.07, 6.45) is 0.154. The van der Waals surface area contributed by atoms with Crippen molar-refractivity contribution in [2.75, 3.05) is 36.5 Å². The lowest BCUT2D eigenvalue weighted by molar-refractivity contribution is 0.122. The van der Waals surface area contributed by atoms with E-state index < -0.39 is 0 Å². The fourth-order valence-corrected chi connectivity index (χ4v) is 3.12. The van der Waals surface area contributed by atoms with Crippen molar-refractivity contribution in [2.45, 2.75) is 20.0 Å². The van der Waals surface area contributed by atoms with Gasteiger partial charge >= 0.3 is 0 Å². The smallest absolute Gasteiger partial charge is 0.246 e. The van der Waals surface area contributed by atoms with E-state index in [1.54, 1.807) is 0 Å². The van der Waals surface area contributed by atoms with E-state index in [-0.39, 0.29) is 6.10 Å². The lowest BCUT2D eigenvalue weighted by atomic mass is 10.2. The summed E-state index contributed by atoms with van der Waals surface area (Å²) in [6, 6.07) is 16.1. The van der Waals surface area contributed by atoms with Gasteiger partial charge in [0.05, 0.1) is 19.3 Å². The SMILES string of the molecule is CC(C)Oc1ccc(-c2nc(Nc3ccc(N4CCOCC4)cc3)n[nH]2)cc1. The summed E-state index contributed by atoms with van der Waals surface area (Å²) in [4.78, 5) is 6.86. The van der Waals surface area contributed by atoms with Crippen LogP contribution >= 0.6 is 0 Å². The second kappa shape index (κ2) is 8.31. The van der Waals surface area contributed by atoms with Crippen molar-refractivity contribution in [3.8, 4) is 17.1 Å². The van der Waals surface area contributed by atoms with Gasteiger partial charge in [0.2, 0.25) is 5.95 Å². The van der Waals surface area contributed by atoms with Crippen LogP contribution in [0.1, 0.15) is 13.8 Å². The van der Waals surface area contributed by atoms with E-state index in [1.165, 1.54) is 5.69 Å². The average molecular weight is 379 g/mol. The van der Waals surface area contributed by atoms with E-state index in [4.69, 9.17) is 9.47 Å². The van der Waals surface area contributed by atoms with Gasteiger partial charge in [-0.25, -0.2) is 0 Å². The first-order valence-corrected chi connectivity index (χ1v) is 9.57. The fraction of sp³-hybridized carbons (Fsp3) is 0.333. The Hall–Kier alpha value is -3.06. The number of anilines is 3. The molecule has 0 aliphatic carbocycles. The number of H-pyrrole nitrogens is 1. The first-order chi connectivity index (χ1) is 13.7. The minimum atomic E-state index is 0.154. The third-order valence-electron chi connectivity index (χ3n) is 4.48. The van der Waals surface area contributed by atoms with E-state index in [0.29, 0.717) is 11.8 Å². The number of morpholine rings is 1. The number of nitrogens with one attached hydrogen (secondary N) is 2. The molecule has 3 aromatic rings. The monoisotopic (exact) mass is 379 g/mol. The van der Waals surface area contributed by atoms with Gasteiger partial charge in [-0.05, 0) is 62.4 Å². The highest BCUT2D eigenvalue weighted by Gasteiger charge is 2.11. The van der Waals surface area contributed by atoms with E-state index in [9.17, 15) is 0 Å². The Morgan fingerprint density at radius 2 is 1.75 bits per heavy atom. The standard InChI is InChI=1S/C21H25N5O2/c1-15(2)28-19-9-3-16(4-10-19)20-23-21(25-24-20)22-17-5-7-18(8-6-17)26-11-13-27-14-12-26/h3-10,15H,11-14H2,1-2H3,(H2,22,23,24,25). The Morgan fingerprint density at radius 3 is 2.43 bits per heavy atom. The minimum Gasteiger partial charge on any atom is -0.491 e. The lowest BCUT2D eigenvalue weighted by Crippen LogP contribution is -2.36. The molecule has 0 spiro atoms. The van der Waals surface area contributed by atoms with Crippen molar-refractivity contribution >= 4 is 17.3 Å². The Kier molecular flexibility index (Phi) is 5.43. The maximum atomic E-state index is 5.67. The van der Waals surface area contributed by atoms with Crippen molar-refractivity contribution in [1.29, 1.82) is 0 Å². The fourth-order valence-electron chi connectivity index (χ4n) is 3.12. The van der Waals surface area contributed by atoms with Crippen LogP contribution in [0.25, 0.3) is 11.4 Å². The van der Waals surface area contributed by atoms with Gasteiger partial charge < -0.3 is 19.7 Å². The normalized spacial score (nSPS) is 14.3. The molecular formula is C21H25N5O2. The van der Waals surface area contributed by atoms with Gasteiger partial charge in [0, 0.05) is 30.0 Å². The molecule has 0 saturated carbocycles. The van der Waals surface area contributed by atoms with Gasteiger partial charge in [-0.2, -0.15) is 4.98 Å². The van der Waals surface area contributed by atoms with Crippen molar-refractivity contribution in [1.82, 2.24) is 15.2 Å². The van der Waals surface area contributed by atoms with Crippen LogP contribution in [0.3, 0.4) is 0 Å². The second-order valence-corrected chi connectivity index (χ2v) is 6.97. The summed E-state index contributed by atoms with van der Waals surface area (Å²) >= 11 is 0. The van der Waals surface area contributed by atoms with Gasteiger partial charge in [-0.1, -0.05) is 0 Å². The van der Waals surface area contributed by atoms with Gasteiger partial charge in [0.15, 0.2) is 5.82 Å². The molecule has 146 valence electrons. The summed E-state index contributed by atoms with van der Waals surface area (Å²) in [7, 11) is 0. The Labute approximate surface area is 164 Å². The summed E-state index contributed by atoms with van der Waals surface area (Å²) in [5.41, 5.74) is 3.11. The van der Waals surface area contributed by atoms with Gasteiger partial charge in [0.25, 0.3) is 0 Å². The molecule has 1 fully saturated rings. The molecule has 0 atom stereocenters. The zero-order chi connectivity index (χ0) is 19.3. The van der Waals surface area contributed by atoms with Gasteiger partial charge in [-0.15, -0.1) is 5.10 Å². The van der Waals surface area contributed by atoms with Crippen LogP contribution in [0.2, 0.25) is 0 Å². The predicted octanol–water partition coefficient (Wildman–Crippen LogP) is 3.84. The van der Waals surface area contributed by atoms with E-state index in [0.717, 1.165) is 43.3 Å². The molecule has 1 aliphatic heterocycles. The molecule has 0 bridgehead atoms. The number of ether oxygens (including phenoxy) is 2. The van der Waals surface area contributed by atoms with E-state index in [2.05, 4.69) is 37.5 Å². The Morgan fingerprint density at radius 1 is 1.04 bits per heavy atom. The molecule has 1 saturated heterocycles. The number of benzene rings is 2. The van der Waals surface area contributed by atoms with Crippen LogP contribution in [0, 0.1) is 0 Å². The van der Waals surface area contributed by atoms with Crippen molar-refractivity contribution in [2.24, 2.45) is 0 Å². The zero-order valence-electron chi connectivity index (χ0n) is 16.2. The molecule has 0 radical (unpaired) electrons. The quantitative estimate of drug-likeness (QED) is 0.678. The van der Waals surface area contributed by atoms with E-state index >= 15 is 0 Å². The zero-order valence-corrected chi connectivity index (χ0v) is 16.2. The molecule has 1 aliphatic rings. The highest BCUT2D eigenvalue weighted by Crippen LogP contribution is 2.23. The first-order valence-electron chi connectivity index (χ1n) is 9.57. The molecule has 1 aromatic heterocycles. The number of aromatic amines is 1. The third-order valence-corrected chi connectivity index (χ3v) is 4.48. The molecule has 0 unspecified atom stereocenters. The van der Waals surface area contributed by atoms with Crippen LogP contribution in [-0.4, -0.2) is 47.6 Å². The molecule has 7 heteroatoms. The minimum absolute atomic E-state index is 0.154. The van der Waals surface area contributed by atoms with Gasteiger partial charge in [-0.3, -0.25) is 5.10 Å². The van der Waals surface area contributed by atoms with Crippen LogP contribution in [-0.2, 0) is 4.74 Å². The van der Waals surface area contributed by atoms with Crippen LogP contribution in [0.4, 0.5) is 17.3 Å². The molecular weight excluding hydrogens is 354 g/mol. The van der Waals surface area contributed by atoms with E-state index in [1.807, 2.05) is 50.2 Å². The largest absolute Gasteiger partial charge is 0.491 e. The third kappa shape index (κ3) is 4.43. The summed E-state index contributed by atoms with van der Waals surface area (Å²) in [5.74, 6) is 2.09. The maximum Gasteiger partial charge on any atom is 0.246 e. The highest BCUT2D eigenvalue weighted by molar-refractivity contribution is 5.62. The summed E-state index contributed by atoms with van der Waals surface area (Å²) in [6.45, 7) is 7.44. The lowest BCUT2D eigenvalue weighted by Gasteiger charge is -2.28. The summed E-state index contributed by atoms with van der Waals surface area (Å²) in [5, 5.41) is 10.5. The van der Waals surface area contributed by atoms with Crippen molar-refractivity contribution < 1.29 is 9.47 Å². The van der Waals surface area contributed by atoms with Crippen molar-refractivity contribution in [3.05, 3.63) is 48.5 Å². The first kappa shape index (κ1) is 18.3. The average Bonchev–Trinajstić information content (AvgIpc) is 3.18. The maximum absolute atomic E-state index is 5.67. The molecule has 7 nitrogen and oxygen atoms in total. The predicted molar refractivity (Wildman–Crippen MR) is 110 cm³/mol. The topological polar surface area (TPSA) is 75.3 Å². The molecule has 2 heterocycles. The number of rotatable bonds is 6. The number of hydrogen-bond donors (Lipinski definition) is 2. The van der Waals surface area contributed by atoms with Crippen molar-refractivity contribution in [3.63, 3.8) is 0 Å². The van der Waals surface area contributed by atoms with Gasteiger partial charge in [0.1, 0.15) is 5.75 Å². The Bertz CT molecular complexity index is 884. The number of aromatic nitrogens is 3. The number of hydrogen-bond acceptors (Lipinski definition) is 6. The molecule has 2 N–H and O–H groups in total. The van der Waals surface area contributed by atoms with Crippen LogP contribution < -0.4 is 15.0 Å². The van der Waals surface area contributed by atoms with Crippen LogP contribution in [0.15, 0.2) is 48.5 Å². The second-order valence-electron chi connectivity index (χ2n) is 6.97. The molecule has 2 aromatic carbocycles. The molecule has 4 rings (SSSR count). The Balaban J connectivity index is 1.40. The highest BCUT2D eigenvalue weighted by atomic mass is 16.5.